The maximum atomic E-state index is 12.7. The second kappa shape index (κ2) is 8.19. The summed E-state index contributed by atoms with van der Waals surface area (Å²) in [4.78, 5) is 17.2. The van der Waals surface area contributed by atoms with Gasteiger partial charge >= 0.3 is 0 Å². The van der Waals surface area contributed by atoms with Crippen molar-refractivity contribution in [3.8, 4) is 11.5 Å². The van der Waals surface area contributed by atoms with Crippen LogP contribution in [0.4, 0.5) is 5.69 Å². The van der Waals surface area contributed by atoms with E-state index >= 15 is 0 Å². The Kier molecular flexibility index (Phi) is 5.30. The zero-order chi connectivity index (χ0) is 19.3. The quantitative estimate of drug-likeness (QED) is 0.460. The van der Waals surface area contributed by atoms with Crippen LogP contribution in [0.25, 0.3) is 11.5 Å². The zero-order valence-electron chi connectivity index (χ0n) is 14.8. The van der Waals surface area contributed by atoms with E-state index in [0.29, 0.717) is 35.0 Å². The molecule has 0 aliphatic carbocycles. The van der Waals surface area contributed by atoms with Gasteiger partial charge in [0.1, 0.15) is 0 Å². The molecule has 0 fully saturated rings. The normalized spacial score (nSPS) is 10.6. The standard InChI is InChI=1S/C22H16BrN3O2/c23-18-12-6-4-10-16(18)21(27)24-19-13-7-5-11-17(19)22-25-20(26-28-22)14-15-8-2-1-3-9-15/h1-13H,14H2,(H,24,27). The molecule has 0 spiro atoms. The number of para-hydroxylation sites is 1. The number of nitrogens with zero attached hydrogens (tertiary/aromatic N) is 2. The van der Waals surface area contributed by atoms with E-state index in [1.807, 2.05) is 72.8 Å². The average Bonchev–Trinajstić information content (AvgIpc) is 3.17. The number of halogens is 1. The number of anilines is 1. The van der Waals surface area contributed by atoms with Gasteiger partial charge in [-0.05, 0) is 45.8 Å². The van der Waals surface area contributed by atoms with Crippen LogP contribution in [-0.4, -0.2) is 16.0 Å². The Morgan fingerprint density at radius 1 is 0.929 bits per heavy atom. The molecule has 0 aliphatic heterocycles. The van der Waals surface area contributed by atoms with Gasteiger partial charge in [0.05, 0.1) is 16.8 Å². The predicted molar refractivity (Wildman–Crippen MR) is 111 cm³/mol. The van der Waals surface area contributed by atoms with E-state index in [2.05, 4.69) is 31.4 Å². The minimum Gasteiger partial charge on any atom is -0.334 e. The summed E-state index contributed by atoms with van der Waals surface area (Å²) in [6.07, 6.45) is 0.579. The summed E-state index contributed by atoms with van der Waals surface area (Å²) in [6, 6.07) is 24.6. The molecule has 0 aliphatic rings. The summed E-state index contributed by atoms with van der Waals surface area (Å²) in [7, 11) is 0. The van der Waals surface area contributed by atoms with Crippen LogP contribution in [0.15, 0.2) is 87.9 Å². The molecule has 1 N–H and O–H groups in total. The van der Waals surface area contributed by atoms with Crippen LogP contribution in [0.1, 0.15) is 21.7 Å². The number of rotatable bonds is 5. The molecule has 3 aromatic carbocycles. The third kappa shape index (κ3) is 4.02. The van der Waals surface area contributed by atoms with Gasteiger partial charge in [0.2, 0.25) is 0 Å². The Labute approximate surface area is 170 Å². The first-order valence-electron chi connectivity index (χ1n) is 8.72. The van der Waals surface area contributed by atoms with Crippen molar-refractivity contribution < 1.29 is 9.32 Å². The van der Waals surface area contributed by atoms with Gasteiger partial charge in [-0.15, -0.1) is 0 Å². The largest absolute Gasteiger partial charge is 0.334 e. The molecular formula is C22H16BrN3O2. The summed E-state index contributed by atoms with van der Waals surface area (Å²) in [5.41, 5.74) is 2.94. The predicted octanol–water partition coefficient (Wildman–Crippen LogP) is 5.34. The number of carbonyl (C=O) groups excluding carboxylic acids is 1. The summed E-state index contributed by atoms with van der Waals surface area (Å²) >= 11 is 3.41. The smallest absolute Gasteiger partial charge is 0.260 e. The Bertz CT molecular complexity index is 1110. The third-order valence-electron chi connectivity index (χ3n) is 4.20. The van der Waals surface area contributed by atoms with E-state index < -0.39 is 0 Å². The molecule has 4 rings (SSSR count). The Balaban J connectivity index is 1.58. The second-order valence-electron chi connectivity index (χ2n) is 6.16. The molecule has 0 bridgehead atoms. The van der Waals surface area contributed by atoms with Crippen molar-refractivity contribution >= 4 is 27.5 Å². The van der Waals surface area contributed by atoms with Crippen molar-refractivity contribution in [2.24, 2.45) is 0 Å². The lowest BCUT2D eigenvalue weighted by molar-refractivity contribution is 0.102. The van der Waals surface area contributed by atoms with Crippen molar-refractivity contribution in [1.82, 2.24) is 10.1 Å². The van der Waals surface area contributed by atoms with Gasteiger partial charge in [-0.25, -0.2) is 0 Å². The van der Waals surface area contributed by atoms with E-state index in [9.17, 15) is 4.79 Å². The first kappa shape index (κ1) is 18.1. The Morgan fingerprint density at radius 2 is 1.64 bits per heavy atom. The molecule has 0 saturated heterocycles. The third-order valence-corrected chi connectivity index (χ3v) is 4.89. The average molecular weight is 434 g/mol. The van der Waals surface area contributed by atoms with E-state index in [1.165, 1.54) is 0 Å². The molecule has 1 aromatic heterocycles. The van der Waals surface area contributed by atoms with E-state index in [-0.39, 0.29) is 5.91 Å². The van der Waals surface area contributed by atoms with Gasteiger partial charge in [-0.2, -0.15) is 4.98 Å². The van der Waals surface area contributed by atoms with Crippen LogP contribution >= 0.6 is 15.9 Å². The summed E-state index contributed by atoms with van der Waals surface area (Å²) < 4.78 is 6.18. The van der Waals surface area contributed by atoms with E-state index in [4.69, 9.17) is 4.52 Å². The summed E-state index contributed by atoms with van der Waals surface area (Å²) in [5.74, 6) is 0.742. The van der Waals surface area contributed by atoms with Gasteiger partial charge in [-0.1, -0.05) is 59.8 Å². The molecule has 138 valence electrons. The van der Waals surface area contributed by atoms with Gasteiger partial charge in [0, 0.05) is 10.9 Å². The van der Waals surface area contributed by atoms with Gasteiger partial charge < -0.3 is 9.84 Å². The highest BCUT2D eigenvalue weighted by Crippen LogP contribution is 2.28. The zero-order valence-corrected chi connectivity index (χ0v) is 16.4. The first-order valence-corrected chi connectivity index (χ1v) is 9.52. The van der Waals surface area contributed by atoms with Crippen molar-refractivity contribution in [3.63, 3.8) is 0 Å². The van der Waals surface area contributed by atoms with Gasteiger partial charge in [0.15, 0.2) is 5.82 Å². The Hall–Kier alpha value is -3.25. The number of benzene rings is 3. The molecule has 0 unspecified atom stereocenters. The van der Waals surface area contributed by atoms with Crippen LogP contribution in [0.2, 0.25) is 0 Å². The fourth-order valence-electron chi connectivity index (χ4n) is 2.83. The van der Waals surface area contributed by atoms with Gasteiger partial charge in [-0.3, -0.25) is 4.79 Å². The maximum absolute atomic E-state index is 12.7. The molecule has 1 heterocycles. The number of hydrogen-bond acceptors (Lipinski definition) is 4. The molecule has 6 heteroatoms. The lowest BCUT2D eigenvalue weighted by Gasteiger charge is -2.09. The highest BCUT2D eigenvalue weighted by molar-refractivity contribution is 9.10. The number of aromatic nitrogens is 2. The van der Waals surface area contributed by atoms with Crippen molar-refractivity contribution in [2.45, 2.75) is 6.42 Å². The monoisotopic (exact) mass is 433 g/mol. The molecule has 5 nitrogen and oxygen atoms in total. The number of carbonyl (C=O) groups is 1. The minimum absolute atomic E-state index is 0.219. The summed E-state index contributed by atoms with van der Waals surface area (Å²) in [6.45, 7) is 0. The number of hydrogen-bond donors (Lipinski definition) is 1. The molecule has 1 amide bonds. The number of nitrogens with one attached hydrogen (secondary N) is 1. The minimum atomic E-state index is -0.219. The fourth-order valence-corrected chi connectivity index (χ4v) is 3.29. The summed E-state index contributed by atoms with van der Waals surface area (Å²) in [5, 5.41) is 7.00. The topological polar surface area (TPSA) is 68.0 Å². The van der Waals surface area contributed by atoms with Crippen molar-refractivity contribution in [1.29, 1.82) is 0 Å². The molecule has 4 aromatic rings. The SMILES string of the molecule is O=C(Nc1ccccc1-c1nc(Cc2ccccc2)no1)c1ccccc1Br. The molecule has 0 radical (unpaired) electrons. The van der Waals surface area contributed by atoms with Crippen molar-refractivity contribution in [2.75, 3.05) is 5.32 Å². The molecule has 0 atom stereocenters. The second-order valence-corrected chi connectivity index (χ2v) is 7.01. The highest BCUT2D eigenvalue weighted by atomic mass is 79.9. The van der Waals surface area contributed by atoms with E-state index in [0.717, 1.165) is 10.0 Å². The lowest BCUT2D eigenvalue weighted by Crippen LogP contribution is -2.13. The lowest BCUT2D eigenvalue weighted by atomic mass is 10.1. The molecule has 28 heavy (non-hydrogen) atoms. The molecule has 0 saturated carbocycles. The highest BCUT2D eigenvalue weighted by Gasteiger charge is 2.16. The fraction of sp³-hybridized carbons (Fsp3) is 0.0455. The first-order chi connectivity index (χ1) is 13.7. The number of amides is 1. The van der Waals surface area contributed by atoms with Gasteiger partial charge in [0.25, 0.3) is 11.8 Å². The Morgan fingerprint density at radius 3 is 2.46 bits per heavy atom. The van der Waals surface area contributed by atoms with Crippen LogP contribution in [-0.2, 0) is 6.42 Å². The van der Waals surface area contributed by atoms with Crippen LogP contribution < -0.4 is 5.32 Å². The van der Waals surface area contributed by atoms with Crippen LogP contribution in [0, 0.1) is 0 Å². The van der Waals surface area contributed by atoms with Crippen LogP contribution in [0.3, 0.4) is 0 Å². The van der Waals surface area contributed by atoms with Crippen LogP contribution in [0.5, 0.6) is 0 Å². The van der Waals surface area contributed by atoms with E-state index in [1.54, 1.807) is 6.07 Å². The maximum Gasteiger partial charge on any atom is 0.260 e. The van der Waals surface area contributed by atoms with Crippen molar-refractivity contribution in [3.05, 3.63) is 100 Å². The molecular weight excluding hydrogens is 418 g/mol.